The van der Waals surface area contributed by atoms with Crippen LogP contribution in [0.5, 0.6) is 0 Å². The van der Waals surface area contributed by atoms with E-state index in [4.69, 9.17) is 0 Å². The lowest BCUT2D eigenvalue weighted by Crippen LogP contribution is -2.41. The molecule has 0 saturated carbocycles. The molecule has 1 fully saturated rings. The van der Waals surface area contributed by atoms with Crippen LogP contribution >= 0.6 is 0 Å². The summed E-state index contributed by atoms with van der Waals surface area (Å²) >= 11 is 0. The van der Waals surface area contributed by atoms with Crippen LogP contribution in [0.4, 0.5) is 0 Å². The lowest BCUT2D eigenvalue weighted by Gasteiger charge is -2.25. The number of aryl methyl sites for hydroxylation is 1. The summed E-state index contributed by atoms with van der Waals surface area (Å²) in [5, 5.41) is 3.45. The topological polar surface area (TPSA) is 37.3 Å². The van der Waals surface area contributed by atoms with E-state index in [1.807, 2.05) is 34.7 Å². The SMILES string of the molecule is CCN(CC1CCCN1)C(=O)c1cccn1CC. The predicted molar refractivity (Wildman–Crippen MR) is 72.7 cm³/mol. The monoisotopic (exact) mass is 249 g/mol. The Balaban J connectivity index is 2.04. The summed E-state index contributed by atoms with van der Waals surface area (Å²) in [7, 11) is 0. The van der Waals surface area contributed by atoms with Crippen LogP contribution in [0.3, 0.4) is 0 Å². The fourth-order valence-corrected chi connectivity index (χ4v) is 2.58. The van der Waals surface area contributed by atoms with Crippen molar-refractivity contribution >= 4 is 5.91 Å². The van der Waals surface area contributed by atoms with Crippen LogP contribution in [-0.2, 0) is 6.54 Å². The zero-order valence-electron chi connectivity index (χ0n) is 11.4. The minimum absolute atomic E-state index is 0.151. The highest BCUT2D eigenvalue weighted by Crippen LogP contribution is 2.11. The van der Waals surface area contributed by atoms with Crippen molar-refractivity contribution in [1.82, 2.24) is 14.8 Å². The van der Waals surface area contributed by atoms with Gasteiger partial charge in [0.15, 0.2) is 0 Å². The van der Waals surface area contributed by atoms with E-state index >= 15 is 0 Å². The quantitative estimate of drug-likeness (QED) is 0.863. The molecule has 0 aromatic carbocycles. The van der Waals surface area contributed by atoms with E-state index in [0.29, 0.717) is 6.04 Å². The lowest BCUT2D eigenvalue weighted by molar-refractivity contribution is 0.0740. The number of rotatable bonds is 5. The number of nitrogens with zero attached hydrogens (tertiary/aromatic N) is 2. The third-order valence-electron chi connectivity index (χ3n) is 3.66. The molecule has 4 heteroatoms. The average molecular weight is 249 g/mol. The molecule has 0 radical (unpaired) electrons. The van der Waals surface area contributed by atoms with Gasteiger partial charge in [0.2, 0.25) is 0 Å². The molecule has 1 atom stereocenters. The van der Waals surface area contributed by atoms with Gasteiger partial charge in [-0.05, 0) is 45.4 Å². The Morgan fingerprint density at radius 1 is 1.56 bits per heavy atom. The molecule has 2 heterocycles. The Morgan fingerprint density at radius 3 is 3.00 bits per heavy atom. The molecule has 2 rings (SSSR count). The first-order valence-corrected chi connectivity index (χ1v) is 6.94. The first kappa shape index (κ1) is 13.1. The van der Waals surface area contributed by atoms with Gasteiger partial charge in [-0.15, -0.1) is 0 Å². The average Bonchev–Trinajstić information content (AvgIpc) is 3.05. The molecule has 1 aliphatic rings. The third kappa shape index (κ3) is 2.75. The second-order valence-electron chi connectivity index (χ2n) is 4.82. The number of carbonyl (C=O) groups is 1. The van der Waals surface area contributed by atoms with Gasteiger partial charge in [-0.2, -0.15) is 0 Å². The fraction of sp³-hybridized carbons (Fsp3) is 0.643. The zero-order valence-corrected chi connectivity index (χ0v) is 11.4. The first-order chi connectivity index (χ1) is 8.76. The van der Waals surface area contributed by atoms with E-state index in [9.17, 15) is 4.79 Å². The Hall–Kier alpha value is -1.29. The minimum atomic E-state index is 0.151. The largest absolute Gasteiger partial charge is 0.344 e. The fourth-order valence-electron chi connectivity index (χ4n) is 2.58. The summed E-state index contributed by atoms with van der Waals surface area (Å²) in [6.45, 7) is 7.63. The highest BCUT2D eigenvalue weighted by molar-refractivity contribution is 5.92. The van der Waals surface area contributed by atoms with Crippen molar-refractivity contribution < 1.29 is 4.79 Å². The molecule has 18 heavy (non-hydrogen) atoms. The molecule has 1 unspecified atom stereocenters. The molecule has 1 aliphatic heterocycles. The van der Waals surface area contributed by atoms with Gasteiger partial charge in [0.25, 0.3) is 5.91 Å². The van der Waals surface area contributed by atoms with Gasteiger partial charge >= 0.3 is 0 Å². The van der Waals surface area contributed by atoms with Gasteiger partial charge in [-0.3, -0.25) is 4.79 Å². The summed E-state index contributed by atoms with van der Waals surface area (Å²) in [6, 6.07) is 4.33. The number of likely N-dealkylation sites (N-methyl/N-ethyl adjacent to an activating group) is 1. The van der Waals surface area contributed by atoms with Crippen LogP contribution < -0.4 is 5.32 Å². The standard InChI is InChI=1S/C14H23N3O/c1-3-16-10-6-8-13(16)14(18)17(4-2)11-12-7-5-9-15-12/h6,8,10,12,15H,3-5,7,9,11H2,1-2H3. The number of hydrogen-bond acceptors (Lipinski definition) is 2. The van der Waals surface area contributed by atoms with Gasteiger partial charge in [0, 0.05) is 31.9 Å². The molecular formula is C14H23N3O. The van der Waals surface area contributed by atoms with Gasteiger partial charge < -0.3 is 14.8 Å². The van der Waals surface area contributed by atoms with E-state index in [1.54, 1.807) is 0 Å². The molecular weight excluding hydrogens is 226 g/mol. The highest BCUT2D eigenvalue weighted by Gasteiger charge is 2.22. The van der Waals surface area contributed by atoms with E-state index in [2.05, 4.69) is 12.2 Å². The number of amides is 1. The molecule has 1 aromatic heterocycles. The van der Waals surface area contributed by atoms with Crippen LogP contribution in [0.1, 0.15) is 37.2 Å². The maximum atomic E-state index is 12.5. The molecule has 1 amide bonds. The normalized spacial score (nSPS) is 19.1. The number of hydrogen-bond donors (Lipinski definition) is 1. The smallest absolute Gasteiger partial charge is 0.270 e. The van der Waals surface area contributed by atoms with Crippen LogP contribution in [-0.4, -0.2) is 41.1 Å². The Labute approximate surface area is 109 Å². The van der Waals surface area contributed by atoms with Crippen LogP contribution in [0.25, 0.3) is 0 Å². The molecule has 1 N–H and O–H groups in total. The van der Waals surface area contributed by atoms with E-state index in [0.717, 1.165) is 31.9 Å². The highest BCUT2D eigenvalue weighted by atomic mass is 16.2. The van der Waals surface area contributed by atoms with Crippen LogP contribution in [0.15, 0.2) is 18.3 Å². The molecule has 0 spiro atoms. The van der Waals surface area contributed by atoms with Crippen molar-refractivity contribution in [3.63, 3.8) is 0 Å². The van der Waals surface area contributed by atoms with E-state index < -0.39 is 0 Å². The van der Waals surface area contributed by atoms with E-state index in [1.165, 1.54) is 12.8 Å². The predicted octanol–water partition coefficient (Wildman–Crippen LogP) is 1.72. The van der Waals surface area contributed by atoms with Crippen molar-refractivity contribution in [3.05, 3.63) is 24.0 Å². The van der Waals surface area contributed by atoms with Crippen molar-refractivity contribution in [2.24, 2.45) is 0 Å². The second kappa shape index (κ2) is 6.05. The molecule has 0 bridgehead atoms. The summed E-state index contributed by atoms with van der Waals surface area (Å²) < 4.78 is 2.01. The Bertz CT molecular complexity index is 393. The van der Waals surface area contributed by atoms with Crippen LogP contribution in [0.2, 0.25) is 0 Å². The zero-order chi connectivity index (χ0) is 13.0. The van der Waals surface area contributed by atoms with Crippen molar-refractivity contribution in [3.8, 4) is 0 Å². The maximum absolute atomic E-state index is 12.5. The second-order valence-corrected chi connectivity index (χ2v) is 4.82. The molecule has 1 saturated heterocycles. The number of aromatic nitrogens is 1. The van der Waals surface area contributed by atoms with Crippen molar-refractivity contribution in [2.75, 3.05) is 19.6 Å². The maximum Gasteiger partial charge on any atom is 0.270 e. The Morgan fingerprint density at radius 2 is 2.39 bits per heavy atom. The van der Waals surface area contributed by atoms with Crippen molar-refractivity contribution in [2.45, 2.75) is 39.3 Å². The van der Waals surface area contributed by atoms with Crippen molar-refractivity contribution in [1.29, 1.82) is 0 Å². The Kier molecular flexibility index (Phi) is 4.42. The lowest BCUT2D eigenvalue weighted by atomic mass is 10.2. The van der Waals surface area contributed by atoms with Gasteiger partial charge in [-0.25, -0.2) is 0 Å². The minimum Gasteiger partial charge on any atom is -0.344 e. The third-order valence-corrected chi connectivity index (χ3v) is 3.66. The summed E-state index contributed by atoms with van der Waals surface area (Å²) in [5.74, 6) is 0.151. The molecule has 100 valence electrons. The van der Waals surface area contributed by atoms with Gasteiger partial charge in [0.05, 0.1) is 0 Å². The summed E-state index contributed by atoms with van der Waals surface area (Å²) in [5.41, 5.74) is 0.803. The van der Waals surface area contributed by atoms with Gasteiger partial charge in [-0.1, -0.05) is 0 Å². The number of nitrogens with one attached hydrogen (secondary N) is 1. The summed E-state index contributed by atoms with van der Waals surface area (Å²) in [6.07, 6.45) is 4.37. The summed E-state index contributed by atoms with van der Waals surface area (Å²) in [4.78, 5) is 14.4. The molecule has 0 aliphatic carbocycles. The molecule has 1 aromatic rings. The number of carbonyl (C=O) groups excluding carboxylic acids is 1. The van der Waals surface area contributed by atoms with Gasteiger partial charge in [0.1, 0.15) is 5.69 Å². The molecule has 4 nitrogen and oxygen atoms in total. The van der Waals surface area contributed by atoms with Crippen LogP contribution in [0, 0.1) is 0 Å². The first-order valence-electron chi connectivity index (χ1n) is 6.94. The van der Waals surface area contributed by atoms with E-state index in [-0.39, 0.29) is 5.91 Å².